The predicted octanol–water partition coefficient (Wildman–Crippen LogP) is 1.38. The molecule has 1 amide bonds. The number of carboxylic acid groups (broad SMARTS) is 1. The van der Waals surface area contributed by atoms with E-state index in [2.05, 4.69) is 5.32 Å². The van der Waals surface area contributed by atoms with Crippen LogP contribution in [-0.2, 0) is 13.0 Å². The summed E-state index contributed by atoms with van der Waals surface area (Å²) >= 11 is 0. The Morgan fingerprint density at radius 3 is 2.27 bits per heavy atom. The van der Waals surface area contributed by atoms with E-state index < -0.39 is 6.09 Å². The minimum absolute atomic E-state index is 0. The van der Waals surface area contributed by atoms with E-state index in [9.17, 15) is 4.79 Å². The molecule has 0 radical (unpaired) electrons. The van der Waals surface area contributed by atoms with Crippen LogP contribution in [0.2, 0.25) is 0 Å². The van der Waals surface area contributed by atoms with Crippen LogP contribution in [-0.4, -0.2) is 17.7 Å². The third-order valence-electron chi connectivity index (χ3n) is 1.90. The number of carbonyl (C=O) groups is 1. The molecule has 1 rings (SSSR count). The zero-order chi connectivity index (χ0) is 10.4. The summed E-state index contributed by atoms with van der Waals surface area (Å²) in [7, 11) is 0. The topological polar surface area (TPSA) is 75.3 Å². The Labute approximate surface area is 94.9 Å². The van der Waals surface area contributed by atoms with Gasteiger partial charge in [-0.1, -0.05) is 24.3 Å². The molecular weight excluding hydrogens is 216 g/mol. The first-order chi connectivity index (χ1) is 6.72. The lowest BCUT2D eigenvalue weighted by molar-refractivity contribution is 0.194. The van der Waals surface area contributed by atoms with Gasteiger partial charge < -0.3 is 16.2 Å². The maximum absolute atomic E-state index is 10.2. The van der Waals surface area contributed by atoms with Gasteiger partial charge in [0.05, 0.1) is 0 Å². The standard InChI is InChI=1S/C10H14N2O2.ClH/c11-6-5-8-1-3-9(4-2-8)7-12-10(13)14;/h1-4,12H,5-7,11H2,(H,13,14);1H. The second kappa shape index (κ2) is 7.09. The summed E-state index contributed by atoms with van der Waals surface area (Å²) in [4.78, 5) is 10.2. The van der Waals surface area contributed by atoms with Crippen LogP contribution in [0.1, 0.15) is 11.1 Å². The fourth-order valence-corrected chi connectivity index (χ4v) is 1.17. The summed E-state index contributed by atoms with van der Waals surface area (Å²) < 4.78 is 0. The molecule has 0 aliphatic carbocycles. The van der Waals surface area contributed by atoms with E-state index in [0.717, 1.165) is 12.0 Å². The molecule has 15 heavy (non-hydrogen) atoms. The molecule has 4 N–H and O–H groups in total. The number of hydrogen-bond acceptors (Lipinski definition) is 2. The van der Waals surface area contributed by atoms with Crippen molar-refractivity contribution < 1.29 is 9.90 Å². The van der Waals surface area contributed by atoms with Crippen molar-refractivity contribution in [1.29, 1.82) is 0 Å². The van der Waals surface area contributed by atoms with Crippen LogP contribution in [0.5, 0.6) is 0 Å². The van der Waals surface area contributed by atoms with Gasteiger partial charge in [-0.25, -0.2) is 4.79 Å². The zero-order valence-electron chi connectivity index (χ0n) is 8.27. The van der Waals surface area contributed by atoms with E-state index in [-0.39, 0.29) is 12.4 Å². The molecule has 0 saturated carbocycles. The summed E-state index contributed by atoms with van der Waals surface area (Å²) in [6, 6.07) is 7.74. The fraction of sp³-hybridized carbons (Fsp3) is 0.300. The Bertz CT molecular complexity index is 301. The van der Waals surface area contributed by atoms with Crippen LogP contribution < -0.4 is 11.1 Å². The van der Waals surface area contributed by atoms with Gasteiger partial charge in [0.25, 0.3) is 0 Å². The van der Waals surface area contributed by atoms with Crippen molar-refractivity contribution in [1.82, 2.24) is 5.32 Å². The Morgan fingerprint density at radius 2 is 1.80 bits per heavy atom. The Morgan fingerprint density at radius 1 is 1.27 bits per heavy atom. The molecule has 0 atom stereocenters. The minimum atomic E-state index is -1.00. The largest absolute Gasteiger partial charge is 0.465 e. The first-order valence-electron chi connectivity index (χ1n) is 4.47. The molecule has 0 saturated heterocycles. The molecular formula is C10H15ClN2O2. The first-order valence-corrected chi connectivity index (χ1v) is 4.47. The van der Waals surface area contributed by atoms with E-state index in [1.807, 2.05) is 24.3 Å². The quantitative estimate of drug-likeness (QED) is 0.732. The SMILES string of the molecule is Cl.NCCc1ccc(CNC(=O)O)cc1. The monoisotopic (exact) mass is 230 g/mol. The first kappa shape index (κ1) is 13.7. The highest BCUT2D eigenvalue weighted by Gasteiger charge is 1.96. The van der Waals surface area contributed by atoms with Crippen LogP contribution in [0.25, 0.3) is 0 Å². The fourth-order valence-electron chi connectivity index (χ4n) is 1.17. The number of nitrogens with two attached hydrogens (primary N) is 1. The highest BCUT2D eigenvalue weighted by atomic mass is 35.5. The second-order valence-corrected chi connectivity index (χ2v) is 3.01. The van der Waals surface area contributed by atoms with Gasteiger partial charge in [-0.05, 0) is 24.1 Å². The molecule has 1 aromatic rings. The maximum Gasteiger partial charge on any atom is 0.404 e. The van der Waals surface area contributed by atoms with E-state index in [1.54, 1.807) is 0 Å². The van der Waals surface area contributed by atoms with Crippen molar-refractivity contribution >= 4 is 18.5 Å². The Hall–Kier alpha value is -1.26. The van der Waals surface area contributed by atoms with Crippen molar-refractivity contribution in [3.05, 3.63) is 35.4 Å². The lowest BCUT2D eigenvalue weighted by atomic mass is 10.1. The molecule has 0 aromatic heterocycles. The summed E-state index contributed by atoms with van der Waals surface area (Å²) in [6.45, 7) is 0.977. The molecule has 0 fully saturated rings. The van der Waals surface area contributed by atoms with Crippen molar-refractivity contribution in [3.8, 4) is 0 Å². The van der Waals surface area contributed by atoms with Gasteiger partial charge in [0.15, 0.2) is 0 Å². The van der Waals surface area contributed by atoms with Crippen molar-refractivity contribution in [3.63, 3.8) is 0 Å². The lowest BCUT2D eigenvalue weighted by Crippen LogP contribution is -2.19. The maximum atomic E-state index is 10.2. The highest BCUT2D eigenvalue weighted by molar-refractivity contribution is 5.85. The van der Waals surface area contributed by atoms with Crippen LogP contribution in [0.4, 0.5) is 4.79 Å². The van der Waals surface area contributed by atoms with E-state index >= 15 is 0 Å². The third-order valence-corrected chi connectivity index (χ3v) is 1.90. The third kappa shape index (κ3) is 5.24. The number of nitrogens with one attached hydrogen (secondary N) is 1. The van der Waals surface area contributed by atoms with Gasteiger partial charge in [-0.15, -0.1) is 12.4 Å². The number of halogens is 1. The molecule has 5 heteroatoms. The molecule has 0 unspecified atom stereocenters. The number of amides is 1. The van der Waals surface area contributed by atoms with Crippen molar-refractivity contribution in [2.45, 2.75) is 13.0 Å². The smallest absolute Gasteiger partial charge is 0.404 e. The second-order valence-electron chi connectivity index (χ2n) is 3.01. The van der Waals surface area contributed by atoms with Crippen LogP contribution >= 0.6 is 12.4 Å². The molecule has 0 bridgehead atoms. The zero-order valence-corrected chi connectivity index (χ0v) is 9.09. The molecule has 0 heterocycles. The number of benzene rings is 1. The molecule has 0 spiro atoms. The molecule has 0 aliphatic rings. The van der Waals surface area contributed by atoms with Gasteiger partial charge in [-0.2, -0.15) is 0 Å². The van der Waals surface area contributed by atoms with E-state index in [0.29, 0.717) is 13.1 Å². The average molecular weight is 231 g/mol. The van der Waals surface area contributed by atoms with Gasteiger partial charge in [0.2, 0.25) is 0 Å². The van der Waals surface area contributed by atoms with Crippen LogP contribution in [0.3, 0.4) is 0 Å². The van der Waals surface area contributed by atoms with E-state index in [1.165, 1.54) is 5.56 Å². The molecule has 4 nitrogen and oxygen atoms in total. The van der Waals surface area contributed by atoms with Gasteiger partial charge in [0.1, 0.15) is 0 Å². The van der Waals surface area contributed by atoms with Gasteiger partial charge in [0, 0.05) is 6.54 Å². The number of hydrogen-bond donors (Lipinski definition) is 3. The van der Waals surface area contributed by atoms with E-state index in [4.69, 9.17) is 10.8 Å². The molecule has 84 valence electrons. The Balaban J connectivity index is 0.00000196. The molecule has 0 aliphatic heterocycles. The molecule has 1 aromatic carbocycles. The lowest BCUT2D eigenvalue weighted by Gasteiger charge is -2.03. The van der Waals surface area contributed by atoms with Crippen LogP contribution in [0.15, 0.2) is 24.3 Å². The van der Waals surface area contributed by atoms with Crippen molar-refractivity contribution in [2.75, 3.05) is 6.54 Å². The normalized spacial score (nSPS) is 9.13. The summed E-state index contributed by atoms with van der Waals surface area (Å²) in [5.74, 6) is 0. The van der Waals surface area contributed by atoms with Gasteiger partial charge >= 0.3 is 6.09 Å². The summed E-state index contributed by atoms with van der Waals surface area (Å²) in [5.41, 5.74) is 7.53. The van der Waals surface area contributed by atoms with Crippen LogP contribution in [0, 0.1) is 0 Å². The van der Waals surface area contributed by atoms with Crippen molar-refractivity contribution in [2.24, 2.45) is 5.73 Å². The Kier molecular flexibility index (Phi) is 6.49. The summed E-state index contributed by atoms with van der Waals surface area (Å²) in [6.07, 6.45) is -0.150. The van der Waals surface area contributed by atoms with Gasteiger partial charge in [-0.3, -0.25) is 0 Å². The minimum Gasteiger partial charge on any atom is -0.465 e. The highest BCUT2D eigenvalue weighted by Crippen LogP contribution is 2.04. The average Bonchev–Trinajstić information content (AvgIpc) is 2.17. The predicted molar refractivity (Wildman–Crippen MR) is 61.3 cm³/mol. The number of rotatable bonds is 4. The summed E-state index contributed by atoms with van der Waals surface area (Å²) in [5, 5.41) is 10.7.